The van der Waals surface area contributed by atoms with E-state index in [0.717, 1.165) is 35.5 Å². The van der Waals surface area contributed by atoms with Crippen LogP contribution in [0, 0.1) is 30.1 Å². The molecule has 8 atom stereocenters. The van der Waals surface area contributed by atoms with Crippen molar-refractivity contribution < 1.29 is 29.3 Å². The number of fused-ring (bicyclic) bond motifs is 1. The van der Waals surface area contributed by atoms with Crippen LogP contribution in [-0.2, 0) is 19.1 Å². The molecule has 0 saturated carbocycles. The van der Waals surface area contributed by atoms with Gasteiger partial charge in [0.25, 0.3) is 0 Å². The van der Waals surface area contributed by atoms with Crippen molar-refractivity contribution in [2.45, 2.75) is 111 Å². The molecule has 2 fully saturated rings. The Morgan fingerprint density at radius 2 is 1.83 bits per heavy atom. The first-order valence-electron chi connectivity index (χ1n) is 13.1. The van der Waals surface area contributed by atoms with Gasteiger partial charge in [-0.25, -0.2) is 4.98 Å². The van der Waals surface area contributed by atoms with Crippen molar-refractivity contribution >= 4 is 29.2 Å². The van der Waals surface area contributed by atoms with Crippen LogP contribution in [0.25, 0.3) is 6.08 Å². The lowest BCUT2D eigenvalue weighted by Gasteiger charge is -2.36. The number of Topliss-reactive ketones (excluding diaryl/α,β-unsaturated/α-hetero) is 1. The minimum atomic E-state index is -1.26. The summed E-state index contributed by atoms with van der Waals surface area (Å²) in [5.41, 5.74) is 0.138. The number of ketones is 1. The molecule has 3 rings (SSSR count). The number of epoxide rings is 1. The fraction of sp³-hybridized carbons (Fsp3) is 0.750. The first kappa shape index (κ1) is 29.0. The van der Waals surface area contributed by atoms with Crippen LogP contribution in [0.1, 0.15) is 84.9 Å². The Hall–Kier alpha value is -1.61. The Bertz CT molecular complexity index is 986. The molecule has 7 nitrogen and oxygen atoms in total. The zero-order valence-electron chi connectivity index (χ0n) is 22.9. The molecule has 1 aromatic rings. The van der Waals surface area contributed by atoms with Crippen molar-refractivity contribution in [1.29, 1.82) is 0 Å². The number of hydrogen-bond donors (Lipinski definition) is 2. The molecular formula is C28H43NO6S. The largest absolute Gasteiger partial charge is 0.457 e. The number of aliphatic hydroxyl groups is 2. The maximum Gasteiger partial charge on any atom is 0.311 e. The number of aryl methyl sites for hydroxylation is 1. The van der Waals surface area contributed by atoms with Gasteiger partial charge in [0, 0.05) is 17.7 Å². The van der Waals surface area contributed by atoms with E-state index in [1.54, 1.807) is 39.0 Å². The monoisotopic (exact) mass is 521 g/mol. The molecule has 1 unspecified atom stereocenters. The number of ether oxygens (including phenoxy) is 2. The van der Waals surface area contributed by atoms with Gasteiger partial charge in [-0.2, -0.15) is 0 Å². The summed E-state index contributed by atoms with van der Waals surface area (Å²) < 4.78 is 12.1. The summed E-state index contributed by atoms with van der Waals surface area (Å²) >= 11 is 1.56. The average Bonchev–Trinajstić information content (AvgIpc) is 3.26. The third kappa shape index (κ3) is 6.26. The van der Waals surface area contributed by atoms with E-state index in [2.05, 4.69) is 11.9 Å². The molecule has 0 radical (unpaired) electrons. The summed E-state index contributed by atoms with van der Waals surface area (Å²) in [7, 11) is 0. The Morgan fingerprint density at radius 1 is 1.17 bits per heavy atom. The molecule has 0 bridgehead atoms. The minimum absolute atomic E-state index is 0.0545. The van der Waals surface area contributed by atoms with Crippen LogP contribution in [0.2, 0.25) is 0 Å². The van der Waals surface area contributed by atoms with Crippen molar-refractivity contribution in [2.75, 3.05) is 0 Å². The normalized spacial score (nSPS) is 38.8. The fourth-order valence-electron chi connectivity index (χ4n) is 5.43. The second-order valence-electron chi connectivity index (χ2n) is 11.7. The molecule has 2 aliphatic rings. The van der Waals surface area contributed by atoms with Crippen LogP contribution in [0.5, 0.6) is 0 Å². The zero-order valence-corrected chi connectivity index (χ0v) is 23.7. The summed E-state index contributed by atoms with van der Waals surface area (Å²) in [6.07, 6.45) is 2.21. The highest BCUT2D eigenvalue weighted by molar-refractivity contribution is 7.09. The first-order valence-corrected chi connectivity index (χ1v) is 13.9. The fourth-order valence-corrected chi connectivity index (χ4v) is 6.00. The highest BCUT2D eigenvalue weighted by Crippen LogP contribution is 2.45. The van der Waals surface area contributed by atoms with E-state index in [0.29, 0.717) is 6.42 Å². The number of carbonyl (C=O) groups excluding carboxylic acids is 2. The number of hydrogen-bond acceptors (Lipinski definition) is 8. The van der Waals surface area contributed by atoms with Gasteiger partial charge in [-0.15, -0.1) is 11.3 Å². The molecule has 0 spiro atoms. The molecule has 0 amide bonds. The van der Waals surface area contributed by atoms with Gasteiger partial charge in [0.2, 0.25) is 0 Å². The van der Waals surface area contributed by atoms with E-state index in [-0.39, 0.29) is 23.4 Å². The van der Waals surface area contributed by atoms with Gasteiger partial charge < -0.3 is 19.7 Å². The SMILES string of the molecule is CC(=Cc1csc(C)n1)[C@@H]1C[C@@H]2O[C@]2(C)CCC[C@H](C)[C@H](O)[C@@H](C)C(=O)C(C)(C)[C@@H](O)C(C)C(=O)O1. The Morgan fingerprint density at radius 3 is 2.44 bits per heavy atom. The molecule has 2 N–H and O–H groups in total. The van der Waals surface area contributed by atoms with Gasteiger partial charge in [0.15, 0.2) is 0 Å². The maximum absolute atomic E-state index is 13.4. The third-order valence-corrected chi connectivity index (χ3v) is 9.10. The van der Waals surface area contributed by atoms with E-state index in [9.17, 15) is 19.8 Å². The summed E-state index contributed by atoms with van der Waals surface area (Å²) in [6.45, 7) is 14.5. The van der Waals surface area contributed by atoms with Crippen LogP contribution >= 0.6 is 11.3 Å². The van der Waals surface area contributed by atoms with Crippen LogP contribution in [-0.4, -0.2) is 57.0 Å². The van der Waals surface area contributed by atoms with Gasteiger partial charge in [-0.05, 0) is 58.1 Å². The summed E-state index contributed by atoms with van der Waals surface area (Å²) in [6, 6.07) is 0. The topological polar surface area (TPSA) is 109 Å². The number of aromatic nitrogens is 1. The molecule has 3 heterocycles. The second kappa shape index (κ2) is 11.0. The lowest BCUT2D eigenvalue weighted by atomic mass is 9.71. The van der Waals surface area contributed by atoms with Gasteiger partial charge in [0.05, 0.1) is 45.9 Å². The molecule has 0 aliphatic carbocycles. The zero-order chi connectivity index (χ0) is 27.0. The Labute approximate surface area is 219 Å². The summed E-state index contributed by atoms with van der Waals surface area (Å²) in [5, 5.41) is 24.9. The summed E-state index contributed by atoms with van der Waals surface area (Å²) in [5.74, 6) is -2.49. The number of cyclic esters (lactones) is 1. The van der Waals surface area contributed by atoms with Crippen molar-refractivity contribution in [2.24, 2.45) is 23.2 Å². The minimum Gasteiger partial charge on any atom is -0.457 e. The predicted octanol–water partition coefficient (Wildman–Crippen LogP) is 4.72. The molecule has 2 aliphatic heterocycles. The highest BCUT2D eigenvalue weighted by atomic mass is 32.1. The quantitative estimate of drug-likeness (QED) is 0.428. The molecular weight excluding hydrogens is 478 g/mol. The smallest absolute Gasteiger partial charge is 0.311 e. The van der Waals surface area contributed by atoms with Gasteiger partial charge >= 0.3 is 5.97 Å². The molecule has 202 valence electrons. The Kier molecular flexibility index (Phi) is 8.86. The molecule has 8 heteroatoms. The second-order valence-corrected chi connectivity index (χ2v) is 12.8. The van der Waals surface area contributed by atoms with E-state index in [4.69, 9.17) is 9.47 Å². The number of nitrogens with zero attached hydrogens (tertiary/aromatic N) is 1. The van der Waals surface area contributed by atoms with Crippen molar-refractivity contribution in [3.8, 4) is 0 Å². The first-order chi connectivity index (χ1) is 16.7. The number of esters is 1. The number of thiazole rings is 1. The van der Waals surface area contributed by atoms with Crippen LogP contribution in [0.15, 0.2) is 11.0 Å². The van der Waals surface area contributed by atoms with Gasteiger partial charge in [-0.1, -0.05) is 34.1 Å². The van der Waals surface area contributed by atoms with Crippen molar-refractivity contribution in [3.05, 3.63) is 21.7 Å². The predicted molar refractivity (Wildman–Crippen MR) is 140 cm³/mol. The number of aliphatic hydroxyl groups excluding tert-OH is 2. The van der Waals surface area contributed by atoms with Crippen LogP contribution in [0.4, 0.5) is 0 Å². The highest BCUT2D eigenvalue weighted by Gasteiger charge is 2.53. The van der Waals surface area contributed by atoms with E-state index < -0.39 is 41.5 Å². The molecule has 1 aromatic heterocycles. The number of carbonyl (C=O) groups is 2. The van der Waals surface area contributed by atoms with Crippen molar-refractivity contribution in [1.82, 2.24) is 4.98 Å². The summed E-state index contributed by atoms with van der Waals surface area (Å²) in [4.78, 5) is 31.1. The van der Waals surface area contributed by atoms with Gasteiger partial charge in [-0.3, -0.25) is 9.59 Å². The van der Waals surface area contributed by atoms with E-state index in [1.807, 2.05) is 32.2 Å². The van der Waals surface area contributed by atoms with Crippen LogP contribution < -0.4 is 0 Å². The van der Waals surface area contributed by atoms with E-state index in [1.165, 1.54) is 0 Å². The Balaban J connectivity index is 1.91. The molecule has 2 saturated heterocycles. The lowest BCUT2D eigenvalue weighted by Crippen LogP contribution is -2.49. The number of rotatable bonds is 2. The standard InChI is InChI=1S/C28H43NO6S/c1-15-10-9-11-28(8)22(35-28)13-21(16(2)12-20-14-36-19(5)29-20)34-26(33)18(4)25(32)27(6,7)24(31)17(3)23(15)30/h12,14-15,17-18,21-23,25,30,32H,9-11,13H2,1-8H3/t15-,17+,18?,21-,22-,23-,25-,28+/m0/s1. The maximum atomic E-state index is 13.4. The lowest BCUT2D eigenvalue weighted by molar-refractivity contribution is -0.162. The molecule has 36 heavy (non-hydrogen) atoms. The van der Waals surface area contributed by atoms with Gasteiger partial charge in [0.1, 0.15) is 11.9 Å². The van der Waals surface area contributed by atoms with Crippen molar-refractivity contribution in [3.63, 3.8) is 0 Å². The third-order valence-electron chi connectivity index (χ3n) is 8.30. The molecule has 0 aromatic carbocycles. The average molecular weight is 522 g/mol. The van der Waals surface area contributed by atoms with E-state index >= 15 is 0 Å². The van der Waals surface area contributed by atoms with Crippen LogP contribution in [0.3, 0.4) is 0 Å².